The van der Waals surface area contributed by atoms with Gasteiger partial charge in [-0.2, -0.15) is 0 Å². The molecule has 2 aromatic carbocycles. The SMILES string of the molecule is CC(C)Oc1cccc(CNC(=O)C(O)c2ccccc2)c1. The Morgan fingerprint density at radius 2 is 1.86 bits per heavy atom. The van der Waals surface area contributed by atoms with Gasteiger partial charge in [-0.25, -0.2) is 0 Å². The standard InChI is InChI=1S/C18H21NO3/c1-13(2)22-16-10-6-7-14(11-16)12-19-18(21)17(20)15-8-4-3-5-9-15/h3-11,13,17,20H,12H2,1-2H3,(H,19,21). The van der Waals surface area contributed by atoms with Crippen LogP contribution in [0.5, 0.6) is 5.75 Å². The summed E-state index contributed by atoms with van der Waals surface area (Å²) >= 11 is 0. The van der Waals surface area contributed by atoms with Crippen LogP contribution in [0.2, 0.25) is 0 Å². The van der Waals surface area contributed by atoms with Gasteiger partial charge in [0.25, 0.3) is 5.91 Å². The molecule has 2 aromatic rings. The van der Waals surface area contributed by atoms with E-state index in [1.54, 1.807) is 24.3 Å². The van der Waals surface area contributed by atoms with Crippen molar-refractivity contribution in [1.29, 1.82) is 0 Å². The second kappa shape index (κ2) is 7.61. The molecule has 2 N–H and O–H groups in total. The molecule has 0 aliphatic heterocycles. The van der Waals surface area contributed by atoms with E-state index >= 15 is 0 Å². The Balaban J connectivity index is 1.93. The Morgan fingerprint density at radius 3 is 2.55 bits per heavy atom. The maximum absolute atomic E-state index is 12.0. The van der Waals surface area contributed by atoms with Gasteiger partial charge >= 0.3 is 0 Å². The molecule has 22 heavy (non-hydrogen) atoms. The van der Waals surface area contributed by atoms with Crippen molar-refractivity contribution in [2.45, 2.75) is 32.6 Å². The van der Waals surface area contributed by atoms with Crippen molar-refractivity contribution in [2.24, 2.45) is 0 Å². The molecular formula is C18H21NO3. The fraction of sp³-hybridized carbons (Fsp3) is 0.278. The van der Waals surface area contributed by atoms with E-state index in [2.05, 4.69) is 5.32 Å². The number of carbonyl (C=O) groups excluding carboxylic acids is 1. The van der Waals surface area contributed by atoms with Crippen LogP contribution in [0.3, 0.4) is 0 Å². The van der Waals surface area contributed by atoms with Crippen molar-refractivity contribution in [3.05, 3.63) is 65.7 Å². The Morgan fingerprint density at radius 1 is 1.14 bits per heavy atom. The summed E-state index contributed by atoms with van der Waals surface area (Å²) in [5.74, 6) is 0.353. The third kappa shape index (κ3) is 4.60. The number of aliphatic hydroxyl groups excluding tert-OH is 1. The number of hydrogen-bond acceptors (Lipinski definition) is 3. The lowest BCUT2D eigenvalue weighted by Gasteiger charge is -2.13. The fourth-order valence-electron chi connectivity index (χ4n) is 2.07. The minimum atomic E-state index is -1.16. The van der Waals surface area contributed by atoms with Gasteiger partial charge in [-0.1, -0.05) is 42.5 Å². The molecule has 0 bridgehead atoms. The lowest BCUT2D eigenvalue weighted by atomic mass is 10.1. The van der Waals surface area contributed by atoms with Gasteiger partial charge < -0.3 is 15.2 Å². The molecule has 0 fully saturated rings. The molecule has 0 aliphatic carbocycles. The molecular weight excluding hydrogens is 278 g/mol. The lowest BCUT2D eigenvalue weighted by molar-refractivity contribution is -0.129. The second-order valence-corrected chi connectivity index (χ2v) is 5.35. The molecule has 0 saturated heterocycles. The minimum absolute atomic E-state index is 0.102. The van der Waals surface area contributed by atoms with Crippen molar-refractivity contribution in [3.8, 4) is 5.75 Å². The second-order valence-electron chi connectivity index (χ2n) is 5.35. The predicted octanol–water partition coefficient (Wildman–Crippen LogP) is 2.82. The molecule has 2 rings (SSSR count). The summed E-state index contributed by atoms with van der Waals surface area (Å²) in [4.78, 5) is 12.0. The van der Waals surface area contributed by atoms with Crippen molar-refractivity contribution < 1.29 is 14.6 Å². The van der Waals surface area contributed by atoms with Crippen molar-refractivity contribution >= 4 is 5.91 Å². The van der Waals surface area contributed by atoms with Gasteiger partial charge in [0.05, 0.1) is 6.10 Å². The summed E-state index contributed by atoms with van der Waals surface area (Å²) in [7, 11) is 0. The number of nitrogens with one attached hydrogen (secondary N) is 1. The van der Waals surface area contributed by atoms with Gasteiger partial charge in [0.15, 0.2) is 6.10 Å². The van der Waals surface area contributed by atoms with E-state index in [-0.39, 0.29) is 6.10 Å². The number of benzene rings is 2. The number of rotatable bonds is 6. The molecule has 0 spiro atoms. The number of aliphatic hydroxyl groups is 1. The first-order valence-electron chi connectivity index (χ1n) is 7.32. The van der Waals surface area contributed by atoms with E-state index < -0.39 is 12.0 Å². The van der Waals surface area contributed by atoms with Crippen LogP contribution >= 0.6 is 0 Å². The van der Waals surface area contributed by atoms with Crippen LogP contribution < -0.4 is 10.1 Å². The maximum Gasteiger partial charge on any atom is 0.253 e. The molecule has 0 saturated carbocycles. The van der Waals surface area contributed by atoms with E-state index in [4.69, 9.17) is 4.74 Å². The van der Waals surface area contributed by atoms with Gasteiger partial charge in [0, 0.05) is 6.54 Å². The largest absolute Gasteiger partial charge is 0.491 e. The molecule has 1 amide bonds. The van der Waals surface area contributed by atoms with Crippen LogP contribution in [0, 0.1) is 0 Å². The van der Waals surface area contributed by atoms with Crippen LogP contribution in [0.4, 0.5) is 0 Å². The average molecular weight is 299 g/mol. The van der Waals surface area contributed by atoms with Crippen molar-refractivity contribution in [2.75, 3.05) is 0 Å². The number of ether oxygens (including phenoxy) is 1. The Hall–Kier alpha value is -2.33. The van der Waals surface area contributed by atoms with Crippen molar-refractivity contribution in [1.82, 2.24) is 5.32 Å². The highest BCUT2D eigenvalue weighted by Crippen LogP contribution is 2.16. The van der Waals surface area contributed by atoms with Crippen LogP contribution in [0.25, 0.3) is 0 Å². The van der Waals surface area contributed by atoms with Crippen LogP contribution in [-0.2, 0) is 11.3 Å². The monoisotopic (exact) mass is 299 g/mol. The minimum Gasteiger partial charge on any atom is -0.491 e. The van der Waals surface area contributed by atoms with E-state index in [1.807, 2.05) is 44.2 Å². The summed E-state index contributed by atoms with van der Waals surface area (Å²) in [6.07, 6.45) is -1.05. The number of carbonyl (C=O) groups is 1. The Kier molecular flexibility index (Phi) is 5.55. The fourth-order valence-corrected chi connectivity index (χ4v) is 2.07. The summed E-state index contributed by atoms with van der Waals surface area (Å²) in [6, 6.07) is 16.4. The maximum atomic E-state index is 12.0. The van der Waals surface area contributed by atoms with Gasteiger partial charge in [-0.05, 0) is 37.1 Å². The van der Waals surface area contributed by atoms with E-state index in [0.717, 1.165) is 11.3 Å². The zero-order chi connectivity index (χ0) is 15.9. The van der Waals surface area contributed by atoms with Crippen molar-refractivity contribution in [3.63, 3.8) is 0 Å². The zero-order valence-corrected chi connectivity index (χ0v) is 12.8. The predicted molar refractivity (Wildman–Crippen MR) is 85.5 cm³/mol. The lowest BCUT2D eigenvalue weighted by Crippen LogP contribution is -2.28. The van der Waals surface area contributed by atoms with Gasteiger partial charge in [0.1, 0.15) is 5.75 Å². The Labute approximate surface area is 130 Å². The summed E-state index contributed by atoms with van der Waals surface area (Å²) in [5.41, 5.74) is 1.50. The van der Waals surface area contributed by atoms with Gasteiger partial charge in [-0.3, -0.25) is 4.79 Å². The number of hydrogen-bond donors (Lipinski definition) is 2. The highest BCUT2D eigenvalue weighted by atomic mass is 16.5. The highest BCUT2D eigenvalue weighted by Gasteiger charge is 2.16. The van der Waals surface area contributed by atoms with E-state index in [1.165, 1.54) is 0 Å². The normalized spacial score (nSPS) is 12.0. The van der Waals surface area contributed by atoms with Crippen LogP contribution in [-0.4, -0.2) is 17.1 Å². The third-order valence-electron chi connectivity index (χ3n) is 3.10. The Bertz CT molecular complexity index is 611. The molecule has 4 nitrogen and oxygen atoms in total. The molecule has 116 valence electrons. The highest BCUT2D eigenvalue weighted by molar-refractivity contribution is 5.81. The first kappa shape index (κ1) is 16.0. The van der Waals surface area contributed by atoms with Crippen LogP contribution in [0.15, 0.2) is 54.6 Å². The first-order chi connectivity index (χ1) is 10.6. The van der Waals surface area contributed by atoms with Gasteiger partial charge in [0.2, 0.25) is 0 Å². The van der Waals surface area contributed by atoms with E-state index in [0.29, 0.717) is 12.1 Å². The molecule has 1 unspecified atom stereocenters. The molecule has 1 atom stereocenters. The smallest absolute Gasteiger partial charge is 0.253 e. The summed E-state index contributed by atoms with van der Waals surface area (Å²) in [5, 5.41) is 12.7. The molecule has 0 heterocycles. The first-order valence-corrected chi connectivity index (χ1v) is 7.32. The number of amides is 1. The summed E-state index contributed by atoms with van der Waals surface area (Å²) < 4.78 is 5.62. The summed E-state index contributed by atoms with van der Waals surface area (Å²) in [6.45, 7) is 4.27. The van der Waals surface area contributed by atoms with Gasteiger partial charge in [-0.15, -0.1) is 0 Å². The zero-order valence-electron chi connectivity index (χ0n) is 12.8. The van der Waals surface area contributed by atoms with Crippen LogP contribution in [0.1, 0.15) is 31.1 Å². The quantitative estimate of drug-likeness (QED) is 0.862. The average Bonchev–Trinajstić information content (AvgIpc) is 2.52. The molecule has 4 heteroatoms. The topological polar surface area (TPSA) is 58.6 Å². The molecule has 0 aromatic heterocycles. The van der Waals surface area contributed by atoms with E-state index in [9.17, 15) is 9.90 Å². The molecule has 0 radical (unpaired) electrons. The third-order valence-corrected chi connectivity index (χ3v) is 3.10. The molecule has 0 aliphatic rings.